The van der Waals surface area contributed by atoms with Crippen molar-refractivity contribution in [2.45, 2.75) is 57.4 Å². The molecular weight excluding hydrogens is 389 g/mol. The van der Waals surface area contributed by atoms with E-state index < -0.39 is 10.8 Å². The lowest BCUT2D eigenvalue weighted by Crippen LogP contribution is -2.46. The fourth-order valence-corrected chi connectivity index (χ4v) is 5.16. The smallest absolute Gasteiger partial charge is 0.191 e. The molecule has 1 aliphatic carbocycles. The molecule has 1 aliphatic rings. The number of nitrogens with one attached hydrogen (secondary N) is 2. The molecule has 1 heterocycles. The van der Waals surface area contributed by atoms with Gasteiger partial charge in [-0.25, -0.2) is 9.37 Å². The Bertz CT molecular complexity index is 882. The van der Waals surface area contributed by atoms with E-state index in [9.17, 15) is 8.60 Å². The Labute approximate surface area is 174 Å². The summed E-state index contributed by atoms with van der Waals surface area (Å²) in [6.45, 7) is 4.29. The normalized spacial score (nSPS) is 21.0. The standard InChI is InChI=1S/C21H30FN5OS/c1-4-29(28)18-7-5-6-17(13-18)26-21(23-3)25-14-16-8-9-20(19(22)12-16)27-11-10-24-15(27)2/h8-12,17-18H,4-7,13-14H2,1-3H3,(H2,23,25,26). The van der Waals surface area contributed by atoms with Gasteiger partial charge in [-0.15, -0.1) is 0 Å². The summed E-state index contributed by atoms with van der Waals surface area (Å²) in [5, 5.41) is 6.96. The lowest BCUT2D eigenvalue weighted by atomic mass is 9.95. The van der Waals surface area contributed by atoms with Crippen LogP contribution in [0.3, 0.4) is 0 Å². The molecule has 0 radical (unpaired) electrons. The van der Waals surface area contributed by atoms with E-state index in [1.807, 2.05) is 19.9 Å². The van der Waals surface area contributed by atoms with Crippen molar-refractivity contribution >= 4 is 16.8 Å². The number of nitrogens with zero attached hydrogens (tertiary/aromatic N) is 3. The molecule has 2 aromatic rings. The monoisotopic (exact) mass is 419 g/mol. The number of guanidine groups is 1. The van der Waals surface area contributed by atoms with E-state index in [1.54, 1.807) is 30.1 Å². The van der Waals surface area contributed by atoms with E-state index in [2.05, 4.69) is 20.6 Å². The minimum Gasteiger partial charge on any atom is -0.354 e. The predicted molar refractivity (Wildman–Crippen MR) is 116 cm³/mol. The van der Waals surface area contributed by atoms with E-state index >= 15 is 0 Å². The number of hydrogen-bond acceptors (Lipinski definition) is 3. The van der Waals surface area contributed by atoms with Crippen molar-refractivity contribution in [1.29, 1.82) is 0 Å². The number of aliphatic imine (C=N–C) groups is 1. The van der Waals surface area contributed by atoms with Crippen molar-refractivity contribution in [3.8, 4) is 5.69 Å². The third-order valence-corrected chi connectivity index (χ3v) is 7.14. The fraction of sp³-hybridized carbons (Fsp3) is 0.524. The molecule has 0 amide bonds. The van der Waals surface area contributed by atoms with Gasteiger partial charge in [0.05, 0.1) is 5.69 Å². The summed E-state index contributed by atoms with van der Waals surface area (Å²) in [5.41, 5.74) is 1.32. The Hall–Kier alpha value is -2.22. The van der Waals surface area contributed by atoms with Gasteiger partial charge in [-0.3, -0.25) is 9.20 Å². The van der Waals surface area contributed by atoms with Crippen molar-refractivity contribution in [2.24, 2.45) is 4.99 Å². The maximum absolute atomic E-state index is 14.6. The van der Waals surface area contributed by atoms with Crippen LogP contribution in [0, 0.1) is 12.7 Å². The first kappa shape index (κ1) is 21.5. The lowest BCUT2D eigenvalue weighted by molar-refractivity contribution is 0.413. The van der Waals surface area contributed by atoms with Crippen molar-refractivity contribution in [3.63, 3.8) is 0 Å². The van der Waals surface area contributed by atoms with E-state index in [1.165, 1.54) is 6.07 Å². The van der Waals surface area contributed by atoms with Crippen LogP contribution in [0.25, 0.3) is 5.69 Å². The summed E-state index contributed by atoms with van der Waals surface area (Å²) in [4.78, 5) is 8.44. The van der Waals surface area contributed by atoms with Gasteiger partial charge in [-0.05, 0) is 43.9 Å². The first-order valence-corrected chi connectivity index (χ1v) is 11.5. The molecule has 8 heteroatoms. The van der Waals surface area contributed by atoms with E-state index in [4.69, 9.17) is 0 Å². The molecule has 1 aromatic heterocycles. The van der Waals surface area contributed by atoms with E-state index in [-0.39, 0.29) is 17.1 Å². The molecular formula is C21H30FN5OS. The second-order valence-electron chi connectivity index (χ2n) is 7.36. The Balaban J connectivity index is 1.58. The van der Waals surface area contributed by atoms with Crippen molar-refractivity contribution < 1.29 is 8.60 Å². The first-order chi connectivity index (χ1) is 14.0. The molecule has 0 aliphatic heterocycles. The van der Waals surface area contributed by atoms with Gasteiger partial charge < -0.3 is 15.2 Å². The van der Waals surface area contributed by atoms with Crippen LogP contribution < -0.4 is 10.6 Å². The molecule has 0 saturated heterocycles. The van der Waals surface area contributed by atoms with Crippen molar-refractivity contribution in [3.05, 3.63) is 47.8 Å². The fourth-order valence-electron chi connectivity index (χ4n) is 3.81. The Morgan fingerprint density at radius 1 is 1.41 bits per heavy atom. The molecule has 158 valence electrons. The van der Waals surface area contributed by atoms with Gasteiger partial charge in [0, 0.05) is 53.8 Å². The van der Waals surface area contributed by atoms with Crippen LogP contribution in [-0.4, -0.2) is 43.8 Å². The SMILES string of the molecule is CCS(=O)C1CCCC(NC(=NC)NCc2ccc(-n3ccnc3C)c(F)c2)C1. The third-order valence-electron chi connectivity index (χ3n) is 5.40. The van der Waals surface area contributed by atoms with Crippen LogP contribution in [-0.2, 0) is 17.3 Å². The molecule has 6 nitrogen and oxygen atoms in total. The van der Waals surface area contributed by atoms with Crippen molar-refractivity contribution in [2.75, 3.05) is 12.8 Å². The first-order valence-electron chi connectivity index (χ1n) is 10.1. The second kappa shape index (κ2) is 10.0. The van der Waals surface area contributed by atoms with Gasteiger partial charge in [0.1, 0.15) is 11.6 Å². The van der Waals surface area contributed by atoms with Crippen LogP contribution in [0.1, 0.15) is 44.0 Å². The number of aromatic nitrogens is 2. The van der Waals surface area contributed by atoms with Crippen LogP contribution in [0.2, 0.25) is 0 Å². The predicted octanol–water partition coefficient (Wildman–Crippen LogP) is 3.06. The average Bonchev–Trinajstić information content (AvgIpc) is 3.16. The second-order valence-corrected chi connectivity index (χ2v) is 9.36. The summed E-state index contributed by atoms with van der Waals surface area (Å²) in [5.74, 6) is 1.86. The van der Waals surface area contributed by atoms with Gasteiger partial charge in [0.25, 0.3) is 0 Å². The minimum absolute atomic E-state index is 0.262. The molecule has 1 fully saturated rings. The van der Waals surface area contributed by atoms with E-state index in [0.29, 0.717) is 23.9 Å². The summed E-state index contributed by atoms with van der Waals surface area (Å²) >= 11 is 0. The highest BCUT2D eigenvalue weighted by atomic mass is 32.2. The average molecular weight is 420 g/mol. The highest BCUT2D eigenvalue weighted by Gasteiger charge is 2.26. The molecule has 3 unspecified atom stereocenters. The van der Waals surface area contributed by atoms with Crippen LogP contribution in [0.5, 0.6) is 0 Å². The molecule has 1 saturated carbocycles. The van der Waals surface area contributed by atoms with Gasteiger partial charge >= 0.3 is 0 Å². The molecule has 0 spiro atoms. The highest BCUT2D eigenvalue weighted by Crippen LogP contribution is 2.23. The van der Waals surface area contributed by atoms with Gasteiger partial charge in [-0.1, -0.05) is 19.4 Å². The topological polar surface area (TPSA) is 71.3 Å². The van der Waals surface area contributed by atoms with Crippen LogP contribution in [0.15, 0.2) is 35.6 Å². The van der Waals surface area contributed by atoms with E-state index in [0.717, 1.165) is 37.1 Å². The Morgan fingerprint density at radius 2 is 2.24 bits per heavy atom. The molecule has 1 aromatic carbocycles. The minimum atomic E-state index is -0.752. The Kier molecular flexibility index (Phi) is 7.41. The number of rotatable bonds is 6. The van der Waals surface area contributed by atoms with Gasteiger partial charge in [0.2, 0.25) is 0 Å². The summed E-state index contributed by atoms with van der Waals surface area (Å²) in [6.07, 6.45) is 7.46. The molecule has 3 atom stereocenters. The molecule has 0 bridgehead atoms. The number of imidazole rings is 1. The summed E-state index contributed by atoms with van der Waals surface area (Å²) in [6, 6.07) is 5.47. The zero-order valence-corrected chi connectivity index (χ0v) is 18.1. The molecule has 29 heavy (non-hydrogen) atoms. The largest absolute Gasteiger partial charge is 0.354 e. The van der Waals surface area contributed by atoms with Crippen molar-refractivity contribution in [1.82, 2.24) is 20.2 Å². The van der Waals surface area contributed by atoms with Gasteiger partial charge in [0.15, 0.2) is 5.96 Å². The van der Waals surface area contributed by atoms with Gasteiger partial charge in [-0.2, -0.15) is 0 Å². The highest BCUT2D eigenvalue weighted by molar-refractivity contribution is 7.85. The number of hydrogen-bond donors (Lipinski definition) is 2. The number of aryl methyl sites for hydroxylation is 1. The molecule has 3 rings (SSSR count). The zero-order chi connectivity index (χ0) is 20.8. The third kappa shape index (κ3) is 5.44. The quantitative estimate of drug-likeness (QED) is 0.558. The number of benzene rings is 1. The Morgan fingerprint density at radius 3 is 2.90 bits per heavy atom. The number of halogens is 1. The summed E-state index contributed by atoms with van der Waals surface area (Å²) in [7, 11) is 0.975. The maximum atomic E-state index is 14.6. The van der Waals surface area contributed by atoms with Crippen LogP contribution >= 0.6 is 0 Å². The lowest BCUT2D eigenvalue weighted by Gasteiger charge is -2.30. The zero-order valence-electron chi connectivity index (χ0n) is 17.3. The molecule has 2 N–H and O–H groups in total. The maximum Gasteiger partial charge on any atom is 0.191 e. The van der Waals surface area contributed by atoms with Crippen LogP contribution in [0.4, 0.5) is 4.39 Å². The summed E-state index contributed by atoms with van der Waals surface area (Å²) < 4.78 is 28.4.